The van der Waals surface area contributed by atoms with Gasteiger partial charge in [-0.15, -0.1) is 0 Å². The van der Waals surface area contributed by atoms with Crippen LogP contribution in [0.3, 0.4) is 0 Å². The third kappa shape index (κ3) is 2.79. The number of hydrogen-bond acceptors (Lipinski definition) is 2. The molecule has 2 rings (SSSR count). The number of hydrogen-bond donors (Lipinski definition) is 1. The lowest BCUT2D eigenvalue weighted by molar-refractivity contribution is 0.517. The van der Waals surface area contributed by atoms with Gasteiger partial charge in [0.15, 0.2) is 0 Å². The zero-order chi connectivity index (χ0) is 13.0. The molecular formula is C15H21N3. The Bertz CT molecular complexity index is 485. The van der Waals surface area contributed by atoms with Crippen LogP contribution < -0.4 is 5.32 Å². The van der Waals surface area contributed by atoms with Crippen LogP contribution in [0.5, 0.6) is 0 Å². The largest absolute Gasteiger partial charge is 0.333 e. The van der Waals surface area contributed by atoms with Crippen LogP contribution in [-0.2, 0) is 6.42 Å². The Morgan fingerprint density at radius 3 is 2.61 bits per heavy atom. The zero-order valence-corrected chi connectivity index (χ0v) is 11.4. The Morgan fingerprint density at radius 1 is 1.28 bits per heavy atom. The molecule has 0 spiro atoms. The maximum atomic E-state index is 4.48. The monoisotopic (exact) mass is 243 g/mol. The van der Waals surface area contributed by atoms with E-state index in [4.69, 9.17) is 0 Å². The van der Waals surface area contributed by atoms with Gasteiger partial charge in [-0.25, -0.2) is 4.98 Å². The van der Waals surface area contributed by atoms with Crippen molar-refractivity contribution in [2.24, 2.45) is 0 Å². The fourth-order valence-corrected chi connectivity index (χ4v) is 2.04. The lowest BCUT2D eigenvalue weighted by Crippen LogP contribution is -2.18. The van der Waals surface area contributed by atoms with E-state index in [1.165, 1.54) is 11.1 Å². The molecule has 0 aliphatic rings. The molecule has 1 atom stereocenters. The smallest absolute Gasteiger partial charge is 0.0956 e. The minimum Gasteiger partial charge on any atom is -0.333 e. The number of aryl methyl sites for hydroxylation is 1. The number of nitrogens with one attached hydrogen (secondary N) is 1. The van der Waals surface area contributed by atoms with Crippen molar-refractivity contribution in [2.75, 3.05) is 13.6 Å². The van der Waals surface area contributed by atoms with Crippen molar-refractivity contribution in [1.82, 2.24) is 14.9 Å². The van der Waals surface area contributed by atoms with E-state index in [-0.39, 0.29) is 0 Å². The number of imidazole rings is 1. The highest BCUT2D eigenvalue weighted by Gasteiger charge is 2.06. The van der Waals surface area contributed by atoms with E-state index in [1.807, 2.05) is 13.4 Å². The van der Waals surface area contributed by atoms with Crippen molar-refractivity contribution >= 4 is 0 Å². The molecule has 3 heteroatoms. The molecule has 2 aromatic rings. The van der Waals surface area contributed by atoms with Gasteiger partial charge in [0.05, 0.1) is 12.0 Å². The van der Waals surface area contributed by atoms with Crippen molar-refractivity contribution in [3.8, 4) is 11.3 Å². The fraction of sp³-hybridized carbons (Fsp3) is 0.400. The average Bonchev–Trinajstić information content (AvgIpc) is 2.89. The maximum Gasteiger partial charge on any atom is 0.0956 e. The molecule has 0 saturated heterocycles. The molecule has 0 aliphatic carbocycles. The van der Waals surface area contributed by atoms with Crippen LogP contribution in [0.25, 0.3) is 11.3 Å². The van der Waals surface area contributed by atoms with Crippen LogP contribution >= 0.6 is 0 Å². The highest BCUT2D eigenvalue weighted by molar-refractivity contribution is 5.58. The molecule has 0 aliphatic heterocycles. The van der Waals surface area contributed by atoms with Crippen LogP contribution in [0.4, 0.5) is 0 Å². The topological polar surface area (TPSA) is 29.9 Å². The van der Waals surface area contributed by atoms with Crippen LogP contribution in [-0.4, -0.2) is 23.1 Å². The molecule has 0 saturated carbocycles. The van der Waals surface area contributed by atoms with Crippen LogP contribution in [0, 0.1) is 0 Å². The fourth-order valence-electron chi connectivity index (χ4n) is 2.04. The SMILES string of the molecule is CCc1ccc(-c2cn([C@@H](C)CNC)cn2)cc1. The van der Waals surface area contributed by atoms with E-state index in [0.717, 1.165) is 18.7 Å². The first-order valence-electron chi connectivity index (χ1n) is 6.52. The minimum atomic E-state index is 0.422. The summed E-state index contributed by atoms with van der Waals surface area (Å²) >= 11 is 0. The van der Waals surface area contributed by atoms with Crippen LogP contribution in [0.1, 0.15) is 25.5 Å². The summed E-state index contributed by atoms with van der Waals surface area (Å²) < 4.78 is 2.15. The molecule has 96 valence electrons. The van der Waals surface area contributed by atoms with Gasteiger partial charge in [0, 0.05) is 24.3 Å². The lowest BCUT2D eigenvalue weighted by atomic mass is 10.1. The molecule has 1 aromatic heterocycles. The van der Waals surface area contributed by atoms with Gasteiger partial charge < -0.3 is 9.88 Å². The summed E-state index contributed by atoms with van der Waals surface area (Å²) in [4.78, 5) is 4.48. The summed E-state index contributed by atoms with van der Waals surface area (Å²) in [5.74, 6) is 0. The summed E-state index contributed by atoms with van der Waals surface area (Å²) in [6.07, 6.45) is 5.10. The standard InChI is InChI=1S/C15H21N3/c1-4-13-5-7-14(8-6-13)15-10-18(11-17-15)12(2)9-16-3/h5-8,10-12,16H,4,9H2,1-3H3/t12-/m0/s1. The zero-order valence-electron chi connectivity index (χ0n) is 11.4. The predicted molar refractivity (Wildman–Crippen MR) is 75.7 cm³/mol. The first-order valence-corrected chi connectivity index (χ1v) is 6.52. The maximum absolute atomic E-state index is 4.48. The summed E-state index contributed by atoms with van der Waals surface area (Å²) in [5, 5.41) is 3.18. The third-order valence-electron chi connectivity index (χ3n) is 3.27. The average molecular weight is 243 g/mol. The highest BCUT2D eigenvalue weighted by atomic mass is 15.1. The summed E-state index contributed by atoms with van der Waals surface area (Å²) in [7, 11) is 1.97. The van der Waals surface area contributed by atoms with Crippen molar-refractivity contribution in [2.45, 2.75) is 26.3 Å². The molecule has 0 amide bonds. The predicted octanol–water partition coefficient (Wildman–Crippen LogP) is 2.89. The number of benzene rings is 1. The summed E-state index contributed by atoms with van der Waals surface area (Å²) in [5.41, 5.74) is 3.59. The number of rotatable bonds is 5. The second-order valence-corrected chi connectivity index (χ2v) is 4.66. The molecule has 0 fully saturated rings. The molecule has 1 N–H and O–H groups in total. The van der Waals surface area contributed by atoms with Gasteiger partial charge in [0.25, 0.3) is 0 Å². The second kappa shape index (κ2) is 5.83. The molecule has 0 radical (unpaired) electrons. The molecular weight excluding hydrogens is 222 g/mol. The Hall–Kier alpha value is -1.61. The Kier molecular flexibility index (Phi) is 4.15. The normalized spacial score (nSPS) is 12.6. The van der Waals surface area contributed by atoms with Gasteiger partial charge in [-0.3, -0.25) is 0 Å². The Balaban J connectivity index is 2.18. The van der Waals surface area contributed by atoms with Gasteiger partial charge in [-0.2, -0.15) is 0 Å². The van der Waals surface area contributed by atoms with Gasteiger partial charge in [-0.05, 0) is 26.0 Å². The quantitative estimate of drug-likeness (QED) is 0.875. The van der Waals surface area contributed by atoms with E-state index in [0.29, 0.717) is 6.04 Å². The number of nitrogens with zero attached hydrogens (tertiary/aromatic N) is 2. The third-order valence-corrected chi connectivity index (χ3v) is 3.27. The van der Waals surface area contributed by atoms with Crippen LogP contribution in [0.2, 0.25) is 0 Å². The van der Waals surface area contributed by atoms with Gasteiger partial charge in [-0.1, -0.05) is 31.2 Å². The molecule has 1 aromatic carbocycles. The van der Waals surface area contributed by atoms with E-state index >= 15 is 0 Å². The molecule has 0 bridgehead atoms. The van der Waals surface area contributed by atoms with Crippen LogP contribution in [0.15, 0.2) is 36.8 Å². The molecule has 3 nitrogen and oxygen atoms in total. The number of aromatic nitrogens is 2. The Morgan fingerprint density at radius 2 is 2.00 bits per heavy atom. The Labute approximate surface area is 109 Å². The molecule has 18 heavy (non-hydrogen) atoms. The second-order valence-electron chi connectivity index (χ2n) is 4.66. The van der Waals surface area contributed by atoms with Gasteiger partial charge in [0.2, 0.25) is 0 Å². The van der Waals surface area contributed by atoms with Crippen molar-refractivity contribution in [1.29, 1.82) is 0 Å². The van der Waals surface area contributed by atoms with Gasteiger partial charge in [0.1, 0.15) is 0 Å². The van der Waals surface area contributed by atoms with E-state index in [2.05, 4.69) is 59.2 Å². The molecule has 0 unspecified atom stereocenters. The van der Waals surface area contributed by atoms with Crippen molar-refractivity contribution in [3.63, 3.8) is 0 Å². The van der Waals surface area contributed by atoms with E-state index in [1.54, 1.807) is 0 Å². The summed E-state index contributed by atoms with van der Waals surface area (Å²) in [6, 6.07) is 9.06. The first-order chi connectivity index (χ1) is 8.74. The highest BCUT2D eigenvalue weighted by Crippen LogP contribution is 2.19. The minimum absolute atomic E-state index is 0.422. The summed E-state index contributed by atoms with van der Waals surface area (Å²) in [6.45, 7) is 5.30. The lowest BCUT2D eigenvalue weighted by Gasteiger charge is -2.11. The van der Waals surface area contributed by atoms with E-state index in [9.17, 15) is 0 Å². The van der Waals surface area contributed by atoms with Crippen molar-refractivity contribution < 1.29 is 0 Å². The first kappa shape index (κ1) is 12.8. The van der Waals surface area contributed by atoms with E-state index < -0.39 is 0 Å². The molecule has 1 heterocycles. The number of likely N-dealkylation sites (N-methyl/N-ethyl adjacent to an activating group) is 1. The van der Waals surface area contributed by atoms with Crippen molar-refractivity contribution in [3.05, 3.63) is 42.4 Å². The van der Waals surface area contributed by atoms with Gasteiger partial charge >= 0.3 is 0 Å².